The molecule has 2 nitrogen and oxygen atoms in total. The molecule has 0 aliphatic heterocycles. The topological polar surface area (TPSA) is 40.5 Å². The highest BCUT2D eigenvalue weighted by molar-refractivity contribution is 5.45. The Hall–Kier alpha value is -1.96. The van der Waals surface area contributed by atoms with Gasteiger partial charge < -0.3 is 10.2 Å². The van der Waals surface area contributed by atoms with Gasteiger partial charge in [0.15, 0.2) is 0 Å². The fourth-order valence-electron chi connectivity index (χ4n) is 4.48. The number of phenols is 2. The van der Waals surface area contributed by atoms with Gasteiger partial charge >= 0.3 is 0 Å². The molecule has 128 valence electrons. The minimum absolute atomic E-state index is 0.171. The zero-order valence-electron chi connectivity index (χ0n) is 14.9. The predicted molar refractivity (Wildman–Crippen MR) is 98.5 cm³/mol. The molecule has 0 spiro atoms. The van der Waals surface area contributed by atoms with E-state index in [-0.39, 0.29) is 11.3 Å². The van der Waals surface area contributed by atoms with Gasteiger partial charge in [-0.1, -0.05) is 57.2 Å². The van der Waals surface area contributed by atoms with Crippen LogP contribution in [0.25, 0.3) is 0 Å². The molecule has 3 rings (SSSR count). The minimum atomic E-state index is -0.171. The molecular formula is C22H28O2. The fraction of sp³-hybridized carbons (Fsp3) is 0.455. The van der Waals surface area contributed by atoms with Gasteiger partial charge in [0.25, 0.3) is 0 Å². The molecule has 0 bridgehead atoms. The predicted octanol–water partition coefficient (Wildman–Crippen LogP) is 5.60. The van der Waals surface area contributed by atoms with Crippen molar-refractivity contribution in [1.82, 2.24) is 0 Å². The molecular weight excluding hydrogens is 296 g/mol. The van der Waals surface area contributed by atoms with Crippen LogP contribution in [0.2, 0.25) is 0 Å². The van der Waals surface area contributed by atoms with E-state index in [0.717, 1.165) is 30.4 Å². The summed E-state index contributed by atoms with van der Waals surface area (Å²) >= 11 is 0. The first-order chi connectivity index (χ1) is 11.4. The molecule has 2 N–H and O–H groups in total. The van der Waals surface area contributed by atoms with Gasteiger partial charge in [-0.15, -0.1) is 0 Å². The van der Waals surface area contributed by atoms with Crippen molar-refractivity contribution in [3.8, 4) is 11.5 Å². The zero-order valence-corrected chi connectivity index (χ0v) is 14.9. The second-order valence-corrected chi connectivity index (χ2v) is 7.82. The summed E-state index contributed by atoms with van der Waals surface area (Å²) in [5.74, 6) is 2.21. The van der Waals surface area contributed by atoms with E-state index in [9.17, 15) is 10.2 Å². The van der Waals surface area contributed by atoms with Crippen LogP contribution in [0.5, 0.6) is 11.5 Å². The molecule has 3 unspecified atom stereocenters. The van der Waals surface area contributed by atoms with E-state index in [1.807, 2.05) is 36.4 Å². The Kier molecular flexibility index (Phi) is 4.58. The zero-order chi connectivity index (χ0) is 17.3. The Bertz CT molecular complexity index is 707. The maximum Gasteiger partial charge on any atom is 0.119 e. The molecule has 0 aromatic heterocycles. The van der Waals surface area contributed by atoms with Crippen LogP contribution in [0, 0.1) is 11.8 Å². The molecule has 0 heterocycles. The molecule has 1 saturated carbocycles. The highest BCUT2D eigenvalue weighted by Gasteiger charge is 2.44. The SMILES string of the molecule is CC(C)C1CCC(C)(c2ccccc2O)C(c2ccccc2O)C1. The Morgan fingerprint density at radius 3 is 2.21 bits per heavy atom. The fourth-order valence-corrected chi connectivity index (χ4v) is 4.48. The van der Waals surface area contributed by atoms with E-state index in [0.29, 0.717) is 23.3 Å². The van der Waals surface area contributed by atoms with Crippen LogP contribution in [0.1, 0.15) is 57.1 Å². The van der Waals surface area contributed by atoms with E-state index in [2.05, 4.69) is 20.8 Å². The van der Waals surface area contributed by atoms with E-state index < -0.39 is 0 Å². The number of rotatable bonds is 3. The number of hydrogen-bond donors (Lipinski definition) is 2. The lowest BCUT2D eigenvalue weighted by Crippen LogP contribution is -2.38. The Balaban J connectivity index is 2.10. The summed E-state index contributed by atoms with van der Waals surface area (Å²) in [6.45, 7) is 6.82. The first-order valence-electron chi connectivity index (χ1n) is 9.00. The first kappa shape index (κ1) is 16.9. The first-order valence-corrected chi connectivity index (χ1v) is 9.00. The Morgan fingerprint density at radius 2 is 1.58 bits per heavy atom. The van der Waals surface area contributed by atoms with E-state index >= 15 is 0 Å². The van der Waals surface area contributed by atoms with Crippen molar-refractivity contribution in [3.05, 3.63) is 59.7 Å². The Labute approximate surface area is 145 Å². The maximum atomic E-state index is 10.5. The highest BCUT2D eigenvalue weighted by Crippen LogP contribution is 2.55. The van der Waals surface area contributed by atoms with Crippen molar-refractivity contribution in [2.45, 2.75) is 51.4 Å². The monoisotopic (exact) mass is 324 g/mol. The number of benzene rings is 2. The van der Waals surface area contributed by atoms with Gasteiger partial charge in [-0.3, -0.25) is 0 Å². The van der Waals surface area contributed by atoms with Crippen molar-refractivity contribution < 1.29 is 10.2 Å². The number of phenolic OH excluding ortho intramolecular Hbond substituents is 2. The average Bonchev–Trinajstić information content (AvgIpc) is 2.56. The molecule has 2 aromatic rings. The lowest BCUT2D eigenvalue weighted by Gasteiger charge is -2.46. The van der Waals surface area contributed by atoms with Crippen molar-refractivity contribution in [2.24, 2.45) is 11.8 Å². The smallest absolute Gasteiger partial charge is 0.119 e. The molecule has 24 heavy (non-hydrogen) atoms. The molecule has 2 aromatic carbocycles. The molecule has 2 heteroatoms. The van der Waals surface area contributed by atoms with Crippen LogP contribution in [-0.2, 0) is 5.41 Å². The lowest BCUT2D eigenvalue weighted by molar-refractivity contribution is 0.168. The van der Waals surface area contributed by atoms with Crippen LogP contribution in [0.3, 0.4) is 0 Å². The van der Waals surface area contributed by atoms with Gasteiger partial charge in [0, 0.05) is 11.0 Å². The molecule has 0 radical (unpaired) electrons. The third kappa shape index (κ3) is 2.90. The summed E-state index contributed by atoms with van der Waals surface area (Å²) in [7, 11) is 0. The third-order valence-corrected chi connectivity index (χ3v) is 6.12. The van der Waals surface area contributed by atoms with E-state index in [1.165, 1.54) is 0 Å². The third-order valence-electron chi connectivity index (χ3n) is 6.12. The highest BCUT2D eigenvalue weighted by atomic mass is 16.3. The maximum absolute atomic E-state index is 10.5. The summed E-state index contributed by atoms with van der Waals surface area (Å²) in [5.41, 5.74) is 1.84. The summed E-state index contributed by atoms with van der Waals surface area (Å²) < 4.78 is 0. The van der Waals surface area contributed by atoms with Gasteiger partial charge in [-0.25, -0.2) is 0 Å². The van der Waals surface area contributed by atoms with E-state index in [4.69, 9.17) is 0 Å². The number of aromatic hydroxyl groups is 2. The standard InChI is InChI=1S/C22H28O2/c1-15(2)16-12-13-22(3,18-9-5-7-11-21(18)24)19(14-16)17-8-4-6-10-20(17)23/h4-11,15-16,19,23-24H,12-14H2,1-3H3. The summed E-state index contributed by atoms with van der Waals surface area (Å²) in [4.78, 5) is 0. The van der Waals surface area contributed by atoms with Gasteiger partial charge in [-0.2, -0.15) is 0 Å². The minimum Gasteiger partial charge on any atom is -0.508 e. The summed E-state index contributed by atoms with van der Waals surface area (Å²) in [6.07, 6.45) is 3.22. The van der Waals surface area contributed by atoms with Crippen LogP contribution in [0.4, 0.5) is 0 Å². The normalized spacial score (nSPS) is 27.3. The van der Waals surface area contributed by atoms with Crippen LogP contribution in [-0.4, -0.2) is 10.2 Å². The molecule has 0 amide bonds. The quantitative estimate of drug-likeness (QED) is 0.772. The largest absolute Gasteiger partial charge is 0.508 e. The average molecular weight is 324 g/mol. The van der Waals surface area contributed by atoms with E-state index in [1.54, 1.807) is 12.1 Å². The molecule has 1 aliphatic rings. The summed E-state index contributed by atoms with van der Waals surface area (Å²) in [5, 5.41) is 20.9. The van der Waals surface area contributed by atoms with Gasteiger partial charge in [-0.05, 0) is 54.7 Å². The summed E-state index contributed by atoms with van der Waals surface area (Å²) in [6, 6.07) is 15.4. The molecule has 3 atom stereocenters. The van der Waals surface area contributed by atoms with Crippen LogP contribution < -0.4 is 0 Å². The molecule has 0 saturated heterocycles. The van der Waals surface area contributed by atoms with Crippen molar-refractivity contribution in [3.63, 3.8) is 0 Å². The Morgan fingerprint density at radius 1 is 0.958 bits per heavy atom. The number of hydrogen-bond acceptors (Lipinski definition) is 2. The van der Waals surface area contributed by atoms with Crippen LogP contribution >= 0.6 is 0 Å². The second-order valence-electron chi connectivity index (χ2n) is 7.82. The van der Waals surface area contributed by atoms with Gasteiger partial charge in [0.2, 0.25) is 0 Å². The lowest BCUT2D eigenvalue weighted by atomic mass is 9.57. The van der Waals surface area contributed by atoms with Gasteiger partial charge in [0.05, 0.1) is 0 Å². The molecule has 1 aliphatic carbocycles. The van der Waals surface area contributed by atoms with Crippen molar-refractivity contribution in [2.75, 3.05) is 0 Å². The second kappa shape index (κ2) is 6.51. The molecule has 1 fully saturated rings. The van der Waals surface area contributed by atoms with Crippen molar-refractivity contribution in [1.29, 1.82) is 0 Å². The number of para-hydroxylation sites is 2. The van der Waals surface area contributed by atoms with Crippen molar-refractivity contribution >= 4 is 0 Å². The van der Waals surface area contributed by atoms with Crippen LogP contribution in [0.15, 0.2) is 48.5 Å². The van der Waals surface area contributed by atoms with Gasteiger partial charge in [0.1, 0.15) is 11.5 Å².